The second-order valence-corrected chi connectivity index (χ2v) is 3.29. The minimum atomic E-state index is 0.386. The Morgan fingerprint density at radius 3 is 2.79 bits per heavy atom. The van der Waals surface area contributed by atoms with Crippen LogP contribution in [-0.2, 0) is 0 Å². The van der Waals surface area contributed by atoms with Gasteiger partial charge in [0.2, 0.25) is 0 Å². The molecule has 4 heteroatoms. The molecule has 0 radical (unpaired) electrons. The van der Waals surface area contributed by atoms with Crippen LogP contribution >= 0.6 is 12.2 Å². The summed E-state index contributed by atoms with van der Waals surface area (Å²) >= 11 is 4.96. The molecule has 0 aliphatic heterocycles. The molecule has 14 heavy (non-hydrogen) atoms. The lowest BCUT2D eigenvalue weighted by molar-refractivity contribution is 1.30. The van der Waals surface area contributed by atoms with E-state index in [-0.39, 0.29) is 0 Å². The zero-order chi connectivity index (χ0) is 9.97. The Labute approximate surface area is 87.0 Å². The van der Waals surface area contributed by atoms with Gasteiger partial charge in [0.15, 0.2) is 0 Å². The SMILES string of the molecule is NC(=S)c1ccccc1-c1ncc[nH]1. The molecule has 1 heterocycles. The van der Waals surface area contributed by atoms with Gasteiger partial charge in [-0.15, -0.1) is 0 Å². The lowest BCUT2D eigenvalue weighted by Crippen LogP contribution is -2.10. The number of benzene rings is 1. The maximum atomic E-state index is 5.61. The first-order valence-electron chi connectivity index (χ1n) is 4.17. The molecule has 0 unspecified atom stereocenters. The maximum Gasteiger partial charge on any atom is 0.137 e. The summed E-state index contributed by atoms with van der Waals surface area (Å²) in [4.78, 5) is 7.57. The van der Waals surface area contributed by atoms with Crippen LogP contribution in [0, 0.1) is 0 Å². The van der Waals surface area contributed by atoms with Gasteiger partial charge in [-0.25, -0.2) is 4.98 Å². The first kappa shape index (κ1) is 8.90. The smallest absolute Gasteiger partial charge is 0.137 e. The van der Waals surface area contributed by atoms with Crippen molar-refractivity contribution in [1.29, 1.82) is 0 Å². The van der Waals surface area contributed by atoms with Gasteiger partial charge in [-0.05, 0) is 0 Å². The summed E-state index contributed by atoms with van der Waals surface area (Å²) in [6, 6.07) is 7.66. The summed E-state index contributed by atoms with van der Waals surface area (Å²) < 4.78 is 0. The van der Waals surface area contributed by atoms with Gasteiger partial charge in [-0.1, -0.05) is 36.5 Å². The van der Waals surface area contributed by atoms with E-state index in [4.69, 9.17) is 18.0 Å². The molecule has 2 rings (SSSR count). The fourth-order valence-electron chi connectivity index (χ4n) is 1.32. The zero-order valence-electron chi connectivity index (χ0n) is 7.40. The highest BCUT2D eigenvalue weighted by atomic mass is 32.1. The summed E-state index contributed by atoms with van der Waals surface area (Å²) in [5, 5.41) is 0. The van der Waals surface area contributed by atoms with Crippen molar-refractivity contribution in [3.05, 3.63) is 42.2 Å². The van der Waals surface area contributed by atoms with Crippen LogP contribution in [-0.4, -0.2) is 15.0 Å². The molecule has 0 spiro atoms. The highest BCUT2D eigenvalue weighted by Gasteiger charge is 2.07. The third-order valence-electron chi connectivity index (χ3n) is 1.95. The molecule has 3 N–H and O–H groups in total. The lowest BCUT2D eigenvalue weighted by atomic mass is 10.1. The van der Waals surface area contributed by atoms with Crippen molar-refractivity contribution in [2.75, 3.05) is 0 Å². The topological polar surface area (TPSA) is 54.7 Å². The Balaban J connectivity index is 2.58. The molecular formula is C10H9N3S. The van der Waals surface area contributed by atoms with Crippen molar-refractivity contribution in [3.8, 4) is 11.4 Å². The van der Waals surface area contributed by atoms with Crippen LogP contribution in [0.1, 0.15) is 5.56 Å². The normalized spacial score (nSPS) is 10.0. The van der Waals surface area contributed by atoms with Crippen molar-refractivity contribution in [2.24, 2.45) is 5.73 Å². The van der Waals surface area contributed by atoms with Crippen LogP contribution in [0.15, 0.2) is 36.7 Å². The van der Waals surface area contributed by atoms with Crippen molar-refractivity contribution in [3.63, 3.8) is 0 Å². The van der Waals surface area contributed by atoms with Crippen LogP contribution in [0.5, 0.6) is 0 Å². The van der Waals surface area contributed by atoms with Crippen LogP contribution < -0.4 is 5.73 Å². The molecule has 0 amide bonds. The highest BCUT2D eigenvalue weighted by molar-refractivity contribution is 7.80. The number of aromatic nitrogens is 2. The number of hydrogen-bond acceptors (Lipinski definition) is 2. The van der Waals surface area contributed by atoms with Crippen LogP contribution in [0.2, 0.25) is 0 Å². The first-order chi connectivity index (χ1) is 6.79. The van der Waals surface area contributed by atoms with E-state index in [2.05, 4.69) is 9.97 Å². The predicted octanol–water partition coefficient (Wildman–Crippen LogP) is 1.71. The molecule has 0 fully saturated rings. The average molecular weight is 203 g/mol. The van der Waals surface area contributed by atoms with Crippen LogP contribution in [0.25, 0.3) is 11.4 Å². The van der Waals surface area contributed by atoms with E-state index in [9.17, 15) is 0 Å². The molecule has 1 aromatic heterocycles. The Bertz CT molecular complexity index is 448. The van der Waals surface area contributed by atoms with Gasteiger partial charge in [0.25, 0.3) is 0 Å². The van der Waals surface area contributed by atoms with E-state index < -0.39 is 0 Å². The number of nitrogens with zero attached hydrogens (tertiary/aromatic N) is 1. The van der Waals surface area contributed by atoms with Gasteiger partial charge >= 0.3 is 0 Å². The molecule has 2 aromatic rings. The number of nitrogens with one attached hydrogen (secondary N) is 1. The van der Waals surface area contributed by atoms with Gasteiger partial charge < -0.3 is 10.7 Å². The number of aromatic amines is 1. The molecule has 0 bridgehead atoms. The van der Waals surface area contributed by atoms with Gasteiger partial charge in [-0.2, -0.15) is 0 Å². The number of hydrogen-bond donors (Lipinski definition) is 2. The first-order valence-corrected chi connectivity index (χ1v) is 4.58. The van der Waals surface area contributed by atoms with E-state index in [1.165, 1.54) is 0 Å². The fraction of sp³-hybridized carbons (Fsp3) is 0. The Morgan fingerprint density at radius 1 is 1.36 bits per heavy atom. The van der Waals surface area contributed by atoms with Crippen LogP contribution in [0.3, 0.4) is 0 Å². The second kappa shape index (κ2) is 3.59. The molecule has 1 aromatic carbocycles. The van der Waals surface area contributed by atoms with E-state index in [0.717, 1.165) is 17.0 Å². The van der Waals surface area contributed by atoms with E-state index >= 15 is 0 Å². The van der Waals surface area contributed by atoms with Crippen molar-refractivity contribution in [2.45, 2.75) is 0 Å². The minimum Gasteiger partial charge on any atom is -0.389 e. The molecule has 0 aliphatic carbocycles. The quantitative estimate of drug-likeness (QED) is 0.730. The summed E-state index contributed by atoms with van der Waals surface area (Å²) in [6.45, 7) is 0. The van der Waals surface area contributed by atoms with Gasteiger partial charge in [0.05, 0.1) is 0 Å². The number of nitrogens with two attached hydrogens (primary N) is 1. The highest BCUT2D eigenvalue weighted by Crippen LogP contribution is 2.19. The summed E-state index contributed by atoms with van der Waals surface area (Å²) in [5.41, 5.74) is 7.39. The second-order valence-electron chi connectivity index (χ2n) is 2.85. The number of thiocarbonyl (C=S) groups is 1. The Hall–Kier alpha value is -1.68. The molecule has 3 nitrogen and oxygen atoms in total. The van der Waals surface area contributed by atoms with E-state index in [1.54, 1.807) is 12.4 Å². The van der Waals surface area contributed by atoms with E-state index in [0.29, 0.717) is 4.99 Å². The summed E-state index contributed by atoms with van der Waals surface area (Å²) in [6.07, 6.45) is 3.47. The monoisotopic (exact) mass is 203 g/mol. The minimum absolute atomic E-state index is 0.386. The Morgan fingerprint density at radius 2 is 2.14 bits per heavy atom. The molecule has 70 valence electrons. The summed E-state index contributed by atoms with van der Waals surface area (Å²) in [5.74, 6) is 0.786. The zero-order valence-corrected chi connectivity index (χ0v) is 8.21. The van der Waals surface area contributed by atoms with Crippen molar-refractivity contribution < 1.29 is 0 Å². The number of imidazole rings is 1. The molecule has 0 aliphatic rings. The molecule has 0 atom stereocenters. The molecule has 0 saturated carbocycles. The third-order valence-corrected chi connectivity index (χ3v) is 2.17. The molecule has 0 saturated heterocycles. The average Bonchev–Trinajstić information content (AvgIpc) is 2.70. The Kier molecular flexibility index (Phi) is 2.28. The van der Waals surface area contributed by atoms with Gasteiger partial charge in [-0.3, -0.25) is 0 Å². The maximum absolute atomic E-state index is 5.61. The van der Waals surface area contributed by atoms with Gasteiger partial charge in [0, 0.05) is 23.5 Å². The van der Waals surface area contributed by atoms with Crippen molar-refractivity contribution in [1.82, 2.24) is 9.97 Å². The summed E-state index contributed by atoms with van der Waals surface area (Å²) in [7, 11) is 0. The van der Waals surface area contributed by atoms with Crippen LogP contribution in [0.4, 0.5) is 0 Å². The number of rotatable bonds is 2. The van der Waals surface area contributed by atoms with Gasteiger partial charge in [0.1, 0.15) is 10.8 Å². The number of H-pyrrole nitrogens is 1. The largest absolute Gasteiger partial charge is 0.389 e. The molecular weight excluding hydrogens is 194 g/mol. The lowest BCUT2D eigenvalue weighted by Gasteiger charge is -2.04. The standard InChI is InChI=1S/C10H9N3S/c11-9(14)7-3-1-2-4-8(7)10-12-5-6-13-10/h1-6H,(H2,11,14)(H,12,13). The van der Waals surface area contributed by atoms with E-state index in [1.807, 2.05) is 24.3 Å². The third kappa shape index (κ3) is 1.52. The van der Waals surface area contributed by atoms with Crippen molar-refractivity contribution >= 4 is 17.2 Å². The predicted molar refractivity (Wildman–Crippen MR) is 59.9 cm³/mol. The fourth-order valence-corrected chi connectivity index (χ4v) is 1.50.